The Morgan fingerprint density at radius 1 is 0.917 bits per heavy atom. The summed E-state index contributed by atoms with van der Waals surface area (Å²) in [7, 11) is 1.29. The van der Waals surface area contributed by atoms with Gasteiger partial charge in [0.15, 0.2) is 11.5 Å². The van der Waals surface area contributed by atoms with Crippen LogP contribution in [0.5, 0.6) is 11.5 Å². The van der Waals surface area contributed by atoms with Crippen LogP contribution < -0.4 is 14.8 Å². The van der Waals surface area contributed by atoms with Crippen molar-refractivity contribution >= 4 is 23.9 Å². The Labute approximate surface area is 214 Å². The lowest BCUT2D eigenvalue weighted by Crippen LogP contribution is -2.41. The number of nitrogens with one attached hydrogen (secondary N) is 1. The quantitative estimate of drug-likeness (QED) is 0.212. The van der Waals surface area contributed by atoms with Gasteiger partial charge in [0.2, 0.25) is 0 Å². The van der Waals surface area contributed by atoms with Gasteiger partial charge in [-0.05, 0) is 57.7 Å². The van der Waals surface area contributed by atoms with Crippen molar-refractivity contribution in [2.45, 2.75) is 85.6 Å². The number of unbranched alkanes of at least 4 members (excludes halogenated alkanes) is 2. The van der Waals surface area contributed by atoms with Gasteiger partial charge in [0, 0.05) is 19.4 Å². The molecule has 0 heterocycles. The molecular weight excluding hydrogens is 466 g/mol. The van der Waals surface area contributed by atoms with E-state index in [4.69, 9.17) is 18.9 Å². The molecule has 0 saturated carbocycles. The highest BCUT2D eigenvalue weighted by molar-refractivity contribution is 5.78. The van der Waals surface area contributed by atoms with E-state index in [1.807, 2.05) is 13.8 Å². The predicted octanol–water partition coefficient (Wildman–Crippen LogP) is 4.14. The topological polar surface area (TPSA) is 117 Å². The van der Waals surface area contributed by atoms with Crippen molar-refractivity contribution in [3.8, 4) is 11.5 Å². The van der Waals surface area contributed by atoms with Crippen molar-refractivity contribution in [3.63, 3.8) is 0 Å². The highest BCUT2D eigenvalue weighted by atomic mass is 16.6. The molecule has 0 amide bonds. The number of methoxy groups -OCH3 is 1. The Bertz CT molecular complexity index is 875. The summed E-state index contributed by atoms with van der Waals surface area (Å²) in [4.78, 5) is 48.7. The average Bonchev–Trinajstić information content (AvgIpc) is 2.83. The normalized spacial score (nSPS) is 11.9. The van der Waals surface area contributed by atoms with Gasteiger partial charge in [0.1, 0.15) is 12.6 Å². The smallest absolute Gasteiger partial charge is 0.323 e. The summed E-state index contributed by atoms with van der Waals surface area (Å²) in [5, 5.41) is 3.04. The van der Waals surface area contributed by atoms with Crippen LogP contribution in [0.3, 0.4) is 0 Å². The molecule has 0 radical (unpaired) electrons. The largest absolute Gasteiger partial charge is 0.468 e. The Morgan fingerprint density at radius 2 is 1.50 bits per heavy atom. The van der Waals surface area contributed by atoms with E-state index in [0.29, 0.717) is 18.4 Å². The highest BCUT2D eigenvalue weighted by Gasteiger charge is 2.24. The van der Waals surface area contributed by atoms with E-state index in [0.717, 1.165) is 12.8 Å². The maximum Gasteiger partial charge on any atom is 0.323 e. The van der Waals surface area contributed by atoms with E-state index in [1.165, 1.54) is 7.11 Å². The second kappa shape index (κ2) is 15.9. The van der Waals surface area contributed by atoms with E-state index in [-0.39, 0.29) is 49.9 Å². The van der Waals surface area contributed by atoms with E-state index in [2.05, 4.69) is 5.32 Å². The van der Waals surface area contributed by atoms with E-state index >= 15 is 0 Å². The minimum absolute atomic E-state index is 0.0938. The Hall–Kier alpha value is -2.94. The van der Waals surface area contributed by atoms with Crippen LogP contribution in [-0.4, -0.2) is 50.2 Å². The lowest BCUT2D eigenvalue weighted by atomic mass is 9.97. The summed E-state index contributed by atoms with van der Waals surface area (Å²) in [6.07, 6.45) is 3.77. The molecule has 0 aliphatic heterocycles. The molecular formula is C27H41NO8. The second-order valence-electron chi connectivity index (χ2n) is 9.56. The fraction of sp³-hybridized carbons (Fsp3) is 0.630. The number of carbonyl (C=O) groups is 4. The minimum atomic E-state index is -0.732. The third-order valence-corrected chi connectivity index (χ3v) is 5.19. The van der Waals surface area contributed by atoms with Crippen LogP contribution in [0.25, 0.3) is 0 Å². The molecule has 36 heavy (non-hydrogen) atoms. The maximum absolute atomic E-state index is 12.4. The summed E-state index contributed by atoms with van der Waals surface area (Å²) < 4.78 is 21.1. The van der Waals surface area contributed by atoms with Crippen LogP contribution >= 0.6 is 0 Å². The van der Waals surface area contributed by atoms with Crippen molar-refractivity contribution in [1.82, 2.24) is 5.32 Å². The second-order valence-corrected chi connectivity index (χ2v) is 9.56. The number of hydrogen-bond acceptors (Lipinski definition) is 9. The number of carbonyl (C=O) groups excluding carboxylic acids is 4. The lowest BCUT2D eigenvalue weighted by molar-refractivity contribution is -0.152. The van der Waals surface area contributed by atoms with Crippen LogP contribution in [0, 0.1) is 5.41 Å². The van der Waals surface area contributed by atoms with Gasteiger partial charge in [-0.3, -0.25) is 19.2 Å². The monoisotopic (exact) mass is 507 g/mol. The van der Waals surface area contributed by atoms with E-state index < -0.39 is 29.4 Å². The summed E-state index contributed by atoms with van der Waals surface area (Å²) in [5.41, 5.74) is 0.0466. The van der Waals surface area contributed by atoms with Gasteiger partial charge < -0.3 is 24.3 Å². The first-order valence-electron chi connectivity index (χ1n) is 12.5. The van der Waals surface area contributed by atoms with Crippen LogP contribution in [0.4, 0.5) is 0 Å². The highest BCUT2D eigenvalue weighted by Crippen LogP contribution is 2.30. The number of ether oxygens (including phenoxy) is 4. The molecule has 0 unspecified atom stereocenters. The van der Waals surface area contributed by atoms with Crippen molar-refractivity contribution < 1.29 is 38.1 Å². The third-order valence-electron chi connectivity index (χ3n) is 5.19. The number of hydrogen-bond donors (Lipinski definition) is 1. The molecule has 0 fully saturated rings. The molecule has 0 bridgehead atoms. The fourth-order valence-electron chi connectivity index (χ4n) is 3.04. The van der Waals surface area contributed by atoms with Crippen LogP contribution in [0.1, 0.15) is 78.7 Å². The molecule has 202 valence electrons. The lowest BCUT2D eigenvalue weighted by Gasteiger charge is -2.19. The number of benzene rings is 1. The number of rotatable bonds is 15. The molecule has 1 aromatic carbocycles. The SMILES string of the molecule is CCCCC(=O)Oc1ccc(C[C@H](NCCOC(=O)C(C)(C)C)C(=O)OC)cc1OC(=O)CCCC. The first-order valence-corrected chi connectivity index (χ1v) is 12.5. The van der Waals surface area contributed by atoms with Crippen molar-refractivity contribution in [3.05, 3.63) is 23.8 Å². The van der Waals surface area contributed by atoms with Gasteiger partial charge in [-0.1, -0.05) is 32.8 Å². The van der Waals surface area contributed by atoms with Crippen molar-refractivity contribution in [2.24, 2.45) is 5.41 Å². The predicted molar refractivity (Wildman–Crippen MR) is 135 cm³/mol. The fourth-order valence-corrected chi connectivity index (χ4v) is 3.04. The summed E-state index contributed by atoms with van der Waals surface area (Å²) >= 11 is 0. The molecule has 0 aliphatic carbocycles. The summed E-state index contributed by atoms with van der Waals surface area (Å²) in [6, 6.07) is 4.11. The van der Waals surface area contributed by atoms with Crippen LogP contribution in [-0.2, 0) is 35.1 Å². The number of esters is 4. The molecule has 1 N–H and O–H groups in total. The standard InChI is InChI=1S/C27H41NO8/c1-7-9-11-23(29)35-21-14-13-19(18-22(21)36-24(30)12-10-8-2)17-20(25(31)33-6)28-15-16-34-26(32)27(3,4)5/h13-14,18,20,28H,7-12,15-17H2,1-6H3/t20-/m0/s1. The van der Waals surface area contributed by atoms with Gasteiger partial charge in [-0.2, -0.15) is 0 Å². The van der Waals surface area contributed by atoms with Crippen LogP contribution in [0.15, 0.2) is 18.2 Å². The molecule has 0 saturated heterocycles. The molecule has 9 heteroatoms. The first kappa shape index (κ1) is 31.1. The van der Waals surface area contributed by atoms with Gasteiger partial charge in [0.05, 0.1) is 12.5 Å². The van der Waals surface area contributed by atoms with Gasteiger partial charge in [-0.25, -0.2) is 0 Å². The summed E-state index contributed by atoms with van der Waals surface area (Å²) in [5.74, 6) is -1.38. The van der Waals surface area contributed by atoms with E-state index in [1.54, 1.807) is 39.0 Å². The Morgan fingerprint density at radius 3 is 2.03 bits per heavy atom. The molecule has 0 aliphatic rings. The Kier molecular flexibility index (Phi) is 13.8. The van der Waals surface area contributed by atoms with Gasteiger partial charge in [-0.15, -0.1) is 0 Å². The zero-order valence-electron chi connectivity index (χ0n) is 22.4. The maximum atomic E-state index is 12.4. The molecule has 0 aromatic heterocycles. The van der Waals surface area contributed by atoms with E-state index in [9.17, 15) is 19.2 Å². The van der Waals surface area contributed by atoms with Crippen molar-refractivity contribution in [2.75, 3.05) is 20.3 Å². The molecule has 0 spiro atoms. The molecule has 1 atom stereocenters. The summed E-state index contributed by atoms with van der Waals surface area (Å²) in [6.45, 7) is 9.57. The first-order chi connectivity index (χ1) is 17.0. The molecule has 1 aromatic rings. The molecule has 9 nitrogen and oxygen atoms in total. The average molecular weight is 508 g/mol. The van der Waals surface area contributed by atoms with Crippen LogP contribution in [0.2, 0.25) is 0 Å². The molecule has 1 rings (SSSR count). The van der Waals surface area contributed by atoms with Crippen molar-refractivity contribution in [1.29, 1.82) is 0 Å². The van der Waals surface area contributed by atoms with Gasteiger partial charge in [0.25, 0.3) is 0 Å². The minimum Gasteiger partial charge on any atom is -0.468 e. The zero-order chi connectivity index (χ0) is 27.1. The zero-order valence-corrected chi connectivity index (χ0v) is 22.4. The third kappa shape index (κ3) is 11.7. The Balaban J connectivity index is 2.98. The van der Waals surface area contributed by atoms with Gasteiger partial charge >= 0.3 is 23.9 Å².